The number of benzene rings is 1. The molecular weight excluding hydrogens is 357 g/mol. The summed E-state index contributed by atoms with van der Waals surface area (Å²) in [5, 5.41) is 7.41. The third-order valence-electron chi connectivity index (χ3n) is 4.00. The number of alkyl halides is 3. The van der Waals surface area contributed by atoms with Crippen molar-refractivity contribution in [2.75, 3.05) is 26.7 Å². The Morgan fingerprint density at radius 1 is 1.36 bits per heavy atom. The van der Waals surface area contributed by atoms with Gasteiger partial charge in [0.25, 0.3) is 5.89 Å². The molecule has 0 bridgehead atoms. The highest BCUT2D eigenvalue weighted by Crippen LogP contribution is 2.32. The summed E-state index contributed by atoms with van der Waals surface area (Å²) in [6.45, 7) is 2.47. The van der Waals surface area contributed by atoms with Crippen LogP contribution < -0.4 is 5.32 Å². The molecule has 3 rings (SSSR count). The first-order valence-corrected chi connectivity index (χ1v) is 8.02. The zero-order valence-electron chi connectivity index (χ0n) is 13.3. The molecule has 1 fully saturated rings. The smallest absolute Gasteiger partial charge is 0.335 e. The summed E-state index contributed by atoms with van der Waals surface area (Å²) < 4.78 is 43.5. The molecule has 1 unspecified atom stereocenters. The number of nitrogens with one attached hydrogen (secondary N) is 1. The largest absolute Gasteiger partial charge is 0.416 e. The highest BCUT2D eigenvalue weighted by Gasteiger charge is 2.30. The highest BCUT2D eigenvalue weighted by molar-refractivity contribution is 6.32. The lowest BCUT2D eigenvalue weighted by atomic mass is 10.1. The molecule has 2 aromatic rings. The summed E-state index contributed by atoms with van der Waals surface area (Å²) in [6.07, 6.45) is -1.55. The molecule has 1 aromatic heterocycles. The van der Waals surface area contributed by atoms with Crippen molar-refractivity contribution in [2.24, 2.45) is 0 Å². The molecule has 9 heteroatoms. The van der Waals surface area contributed by atoms with Crippen molar-refractivity contribution in [3.05, 3.63) is 46.1 Å². The Morgan fingerprint density at radius 2 is 2.16 bits per heavy atom. The van der Waals surface area contributed by atoms with Crippen LogP contribution >= 0.6 is 11.6 Å². The lowest BCUT2D eigenvalue weighted by Crippen LogP contribution is -2.44. The predicted molar refractivity (Wildman–Crippen MR) is 87.9 cm³/mol. The quantitative estimate of drug-likeness (QED) is 0.893. The zero-order valence-corrected chi connectivity index (χ0v) is 14.1. The van der Waals surface area contributed by atoms with Crippen LogP contribution in [0.3, 0.4) is 0 Å². The molecule has 134 valence electrons. The van der Waals surface area contributed by atoms with E-state index in [4.69, 9.17) is 16.1 Å². The highest BCUT2D eigenvalue weighted by atomic mass is 35.5. The maximum absolute atomic E-state index is 12.8. The Bertz CT molecular complexity index is 775. The number of hydrogen-bond acceptors (Lipinski definition) is 5. The van der Waals surface area contributed by atoms with Crippen LogP contribution in [0, 0.1) is 0 Å². The zero-order chi connectivity index (χ0) is 18.0. The van der Waals surface area contributed by atoms with Gasteiger partial charge in [-0.15, -0.1) is 0 Å². The van der Waals surface area contributed by atoms with Gasteiger partial charge in [-0.05, 0) is 36.9 Å². The van der Waals surface area contributed by atoms with Gasteiger partial charge in [0.1, 0.15) is 0 Å². The van der Waals surface area contributed by atoms with Crippen LogP contribution in [-0.4, -0.2) is 41.7 Å². The van der Waals surface area contributed by atoms with Gasteiger partial charge in [-0.1, -0.05) is 16.8 Å². The van der Waals surface area contributed by atoms with Gasteiger partial charge in [-0.2, -0.15) is 18.2 Å². The van der Waals surface area contributed by atoms with Gasteiger partial charge in [0.15, 0.2) is 5.82 Å². The third-order valence-corrected chi connectivity index (χ3v) is 4.34. The summed E-state index contributed by atoms with van der Waals surface area (Å²) in [7, 11) is 1.97. The van der Waals surface area contributed by atoms with Crippen LogP contribution in [-0.2, 0) is 6.18 Å². The maximum atomic E-state index is 12.8. The Morgan fingerprint density at radius 3 is 2.88 bits per heavy atom. The van der Waals surface area contributed by atoms with E-state index in [-0.39, 0.29) is 22.5 Å². The third kappa shape index (κ3) is 4.20. The lowest BCUT2D eigenvalue weighted by molar-refractivity contribution is -0.137. The molecule has 2 heterocycles. The summed E-state index contributed by atoms with van der Waals surface area (Å²) in [4.78, 5) is 6.40. The second-order valence-corrected chi connectivity index (χ2v) is 6.17. The van der Waals surface area contributed by atoms with Crippen molar-refractivity contribution in [1.82, 2.24) is 20.4 Å². The van der Waals surface area contributed by atoms with Crippen LogP contribution in [0.5, 0.6) is 0 Å². The molecule has 1 atom stereocenters. The summed E-state index contributed by atoms with van der Waals surface area (Å²) >= 11 is 5.96. The number of aromatic nitrogens is 2. The van der Waals surface area contributed by atoms with E-state index in [1.54, 1.807) is 0 Å². The van der Waals surface area contributed by atoms with Crippen molar-refractivity contribution in [1.29, 1.82) is 0 Å². The first kappa shape index (κ1) is 17.9. The standard InChI is InChI=1S/C16H16ClF3N4O/c1-24-7-6-21-9-13(24)15-22-14(25-23-15)5-2-10-8-11(16(18,19)20)3-4-12(10)17/h2-5,8,13,21H,6-7,9H2,1H3/b5-2+. The van der Waals surface area contributed by atoms with Crippen molar-refractivity contribution in [2.45, 2.75) is 12.2 Å². The van der Waals surface area contributed by atoms with E-state index >= 15 is 0 Å². The van der Waals surface area contributed by atoms with Gasteiger partial charge >= 0.3 is 6.18 Å². The SMILES string of the molecule is CN1CCNCC1c1noc(/C=C/c2cc(C(F)(F)F)ccc2Cl)n1. The molecule has 1 aliphatic rings. The molecule has 0 radical (unpaired) electrons. The fourth-order valence-corrected chi connectivity index (χ4v) is 2.73. The molecular formula is C16H16ClF3N4O. The monoisotopic (exact) mass is 372 g/mol. The van der Waals surface area contributed by atoms with E-state index in [0.29, 0.717) is 12.4 Å². The van der Waals surface area contributed by atoms with E-state index in [1.165, 1.54) is 18.2 Å². The molecule has 25 heavy (non-hydrogen) atoms. The number of likely N-dealkylation sites (N-methyl/N-ethyl adjacent to an activating group) is 1. The van der Waals surface area contributed by atoms with Gasteiger partial charge in [0.05, 0.1) is 11.6 Å². The number of hydrogen-bond donors (Lipinski definition) is 1. The predicted octanol–water partition coefficient (Wildman–Crippen LogP) is 3.49. The molecule has 0 saturated carbocycles. The van der Waals surface area contributed by atoms with Gasteiger partial charge in [0.2, 0.25) is 0 Å². The second kappa shape index (κ2) is 7.15. The molecule has 1 aliphatic heterocycles. The minimum atomic E-state index is -4.43. The normalized spacial score (nSPS) is 19.6. The van der Waals surface area contributed by atoms with Crippen LogP contribution in [0.15, 0.2) is 22.7 Å². The fourth-order valence-electron chi connectivity index (χ4n) is 2.55. The van der Waals surface area contributed by atoms with Crippen LogP contribution in [0.4, 0.5) is 13.2 Å². The maximum Gasteiger partial charge on any atom is 0.416 e. The second-order valence-electron chi connectivity index (χ2n) is 5.76. The van der Waals surface area contributed by atoms with E-state index in [9.17, 15) is 13.2 Å². The van der Waals surface area contributed by atoms with Crippen molar-refractivity contribution < 1.29 is 17.7 Å². The number of rotatable bonds is 3. The average molecular weight is 373 g/mol. The van der Waals surface area contributed by atoms with Gasteiger partial charge in [-0.25, -0.2) is 0 Å². The Balaban J connectivity index is 1.79. The molecule has 1 N–H and O–H groups in total. The summed E-state index contributed by atoms with van der Waals surface area (Å²) in [6, 6.07) is 3.13. The number of piperazine rings is 1. The fraction of sp³-hybridized carbons (Fsp3) is 0.375. The Labute approximate surface area is 147 Å². The first-order chi connectivity index (χ1) is 11.8. The molecule has 0 spiro atoms. The summed E-state index contributed by atoms with van der Waals surface area (Å²) in [5.41, 5.74) is -0.537. The van der Waals surface area contributed by atoms with Crippen molar-refractivity contribution in [3.8, 4) is 0 Å². The van der Waals surface area contributed by atoms with Gasteiger partial charge < -0.3 is 9.84 Å². The van der Waals surface area contributed by atoms with Crippen LogP contribution in [0.1, 0.15) is 28.9 Å². The van der Waals surface area contributed by atoms with Gasteiger partial charge in [-0.3, -0.25) is 4.90 Å². The van der Waals surface area contributed by atoms with E-state index in [0.717, 1.165) is 25.2 Å². The summed E-state index contributed by atoms with van der Waals surface area (Å²) in [5.74, 6) is 0.743. The molecule has 5 nitrogen and oxygen atoms in total. The Kier molecular flexibility index (Phi) is 5.12. The minimum absolute atomic E-state index is 0.00297. The first-order valence-electron chi connectivity index (χ1n) is 7.64. The van der Waals surface area contributed by atoms with Crippen LogP contribution in [0.2, 0.25) is 5.02 Å². The van der Waals surface area contributed by atoms with Crippen molar-refractivity contribution in [3.63, 3.8) is 0 Å². The van der Waals surface area contributed by atoms with Gasteiger partial charge in [0, 0.05) is 30.7 Å². The van der Waals surface area contributed by atoms with Crippen molar-refractivity contribution >= 4 is 23.8 Å². The minimum Gasteiger partial charge on any atom is -0.335 e. The lowest BCUT2D eigenvalue weighted by Gasteiger charge is -2.30. The van der Waals surface area contributed by atoms with E-state index < -0.39 is 11.7 Å². The number of halogens is 4. The topological polar surface area (TPSA) is 54.2 Å². The molecule has 1 saturated heterocycles. The van der Waals surface area contributed by atoms with Crippen LogP contribution in [0.25, 0.3) is 12.2 Å². The number of nitrogens with zero attached hydrogens (tertiary/aromatic N) is 3. The molecule has 0 aliphatic carbocycles. The Hall–Kier alpha value is -1.90. The van der Waals surface area contributed by atoms with E-state index in [1.807, 2.05) is 7.05 Å². The van der Waals surface area contributed by atoms with E-state index in [2.05, 4.69) is 20.4 Å². The molecule has 0 amide bonds. The average Bonchev–Trinajstić information content (AvgIpc) is 3.02. The molecule has 1 aromatic carbocycles.